The summed E-state index contributed by atoms with van der Waals surface area (Å²) in [5.41, 5.74) is 0.752. The molecule has 2 aromatic rings. The van der Waals surface area contributed by atoms with Crippen LogP contribution < -0.4 is 14.8 Å². The van der Waals surface area contributed by atoms with Crippen molar-refractivity contribution < 1.29 is 18.7 Å². The Labute approximate surface area is 116 Å². The third-order valence-corrected chi connectivity index (χ3v) is 2.70. The molecular formula is C15H14FNO3. The first-order valence-corrected chi connectivity index (χ1v) is 5.92. The van der Waals surface area contributed by atoms with Gasteiger partial charge in [0.15, 0.2) is 0 Å². The van der Waals surface area contributed by atoms with Crippen LogP contribution in [0, 0.1) is 5.82 Å². The minimum Gasteiger partial charge on any atom is -0.497 e. The number of hydrogen-bond donors (Lipinski definition) is 1. The lowest BCUT2D eigenvalue weighted by molar-refractivity contribution is 0.102. The number of carbonyl (C=O) groups is 1. The van der Waals surface area contributed by atoms with Crippen LogP contribution >= 0.6 is 0 Å². The summed E-state index contributed by atoms with van der Waals surface area (Å²) in [5.74, 6) is 0.237. The fourth-order valence-electron chi connectivity index (χ4n) is 1.71. The van der Waals surface area contributed by atoms with E-state index >= 15 is 0 Å². The minimum atomic E-state index is -0.411. The molecule has 0 aliphatic rings. The lowest BCUT2D eigenvalue weighted by atomic mass is 10.2. The summed E-state index contributed by atoms with van der Waals surface area (Å²) in [6, 6.07) is 10.5. The maximum atomic E-state index is 13.1. The van der Waals surface area contributed by atoms with Gasteiger partial charge in [-0.2, -0.15) is 0 Å². The zero-order chi connectivity index (χ0) is 14.5. The van der Waals surface area contributed by atoms with Gasteiger partial charge in [0.05, 0.1) is 14.2 Å². The van der Waals surface area contributed by atoms with Gasteiger partial charge in [0.1, 0.15) is 17.3 Å². The Balaban J connectivity index is 2.24. The summed E-state index contributed by atoms with van der Waals surface area (Å²) in [6.07, 6.45) is 0. The first-order chi connectivity index (χ1) is 9.62. The Morgan fingerprint density at radius 2 is 1.70 bits per heavy atom. The number of hydrogen-bond acceptors (Lipinski definition) is 3. The van der Waals surface area contributed by atoms with E-state index in [1.54, 1.807) is 24.3 Å². The Hall–Kier alpha value is -2.56. The molecule has 2 rings (SSSR count). The highest BCUT2D eigenvalue weighted by Crippen LogP contribution is 2.23. The van der Waals surface area contributed by atoms with Crippen molar-refractivity contribution in [3.05, 3.63) is 53.8 Å². The Kier molecular flexibility index (Phi) is 4.20. The monoisotopic (exact) mass is 275 g/mol. The van der Waals surface area contributed by atoms with E-state index in [1.165, 1.54) is 32.4 Å². The first-order valence-electron chi connectivity index (χ1n) is 5.92. The predicted octanol–water partition coefficient (Wildman–Crippen LogP) is 3.10. The van der Waals surface area contributed by atoms with Crippen molar-refractivity contribution in [2.24, 2.45) is 0 Å². The summed E-state index contributed by atoms with van der Waals surface area (Å²) in [4.78, 5) is 12.1. The number of methoxy groups -OCH3 is 2. The van der Waals surface area contributed by atoms with Gasteiger partial charge < -0.3 is 14.8 Å². The zero-order valence-corrected chi connectivity index (χ0v) is 11.1. The average Bonchev–Trinajstić information content (AvgIpc) is 2.46. The van der Waals surface area contributed by atoms with Gasteiger partial charge in [-0.05, 0) is 30.3 Å². The zero-order valence-electron chi connectivity index (χ0n) is 11.1. The molecule has 104 valence electrons. The molecule has 0 aromatic heterocycles. The van der Waals surface area contributed by atoms with E-state index in [-0.39, 0.29) is 5.91 Å². The Bertz CT molecular complexity index is 606. The number of halogens is 1. The van der Waals surface area contributed by atoms with E-state index in [9.17, 15) is 9.18 Å². The molecule has 0 fully saturated rings. The highest BCUT2D eigenvalue weighted by molar-refractivity contribution is 6.04. The van der Waals surface area contributed by atoms with Crippen molar-refractivity contribution in [3.8, 4) is 11.5 Å². The summed E-state index contributed by atoms with van der Waals surface area (Å²) in [6.45, 7) is 0. The second kappa shape index (κ2) is 6.06. The van der Waals surface area contributed by atoms with Gasteiger partial charge in [-0.1, -0.05) is 6.07 Å². The highest BCUT2D eigenvalue weighted by Gasteiger charge is 2.10. The molecule has 4 nitrogen and oxygen atoms in total. The lowest BCUT2D eigenvalue weighted by Gasteiger charge is -2.09. The van der Waals surface area contributed by atoms with Gasteiger partial charge in [-0.3, -0.25) is 4.79 Å². The van der Waals surface area contributed by atoms with E-state index < -0.39 is 5.82 Å². The summed E-state index contributed by atoms with van der Waals surface area (Å²) in [5, 5.41) is 2.61. The van der Waals surface area contributed by atoms with Gasteiger partial charge in [0.2, 0.25) is 0 Å². The van der Waals surface area contributed by atoms with Crippen LogP contribution in [-0.4, -0.2) is 20.1 Å². The molecule has 0 saturated carbocycles. The van der Waals surface area contributed by atoms with Crippen molar-refractivity contribution in [1.29, 1.82) is 0 Å². The standard InChI is InChI=1S/C15H14FNO3/c1-19-13-6-10(7-14(9-13)20-2)15(18)17-12-5-3-4-11(16)8-12/h3-9H,1-2H3,(H,17,18). The minimum absolute atomic E-state index is 0.366. The van der Waals surface area contributed by atoms with E-state index in [4.69, 9.17) is 9.47 Å². The van der Waals surface area contributed by atoms with Crippen LogP contribution in [-0.2, 0) is 0 Å². The SMILES string of the molecule is COc1cc(OC)cc(C(=O)Nc2cccc(F)c2)c1. The van der Waals surface area contributed by atoms with Gasteiger partial charge >= 0.3 is 0 Å². The molecule has 0 aliphatic heterocycles. The molecule has 0 spiro atoms. The first kappa shape index (κ1) is 13.9. The van der Waals surface area contributed by atoms with Crippen molar-refractivity contribution in [3.63, 3.8) is 0 Å². The van der Waals surface area contributed by atoms with Crippen LogP contribution in [0.4, 0.5) is 10.1 Å². The summed E-state index contributed by atoms with van der Waals surface area (Å²) >= 11 is 0. The van der Waals surface area contributed by atoms with Crippen molar-refractivity contribution in [2.75, 3.05) is 19.5 Å². The fourth-order valence-corrected chi connectivity index (χ4v) is 1.71. The molecule has 0 bridgehead atoms. The van der Waals surface area contributed by atoms with E-state index in [2.05, 4.69) is 5.32 Å². The normalized spacial score (nSPS) is 9.95. The molecule has 0 saturated heterocycles. The van der Waals surface area contributed by atoms with Crippen molar-refractivity contribution in [2.45, 2.75) is 0 Å². The van der Waals surface area contributed by atoms with Gasteiger partial charge in [0.25, 0.3) is 5.91 Å². The third kappa shape index (κ3) is 3.26. The molecule has 5 heteroatoms. The molecule has 0 atom stereocenters. The third-order valence-electron chi connectivity index (χ3n) is 2.70. The van der Waals surface area contributed by atoms with Crippen LogP contribution in [0.3, 0.4) is 0 Å². The summed E-state index contributed by atoms with van der Waals surface area (Å²) in [7, 11) is 3.01. The molecule has 0 aliphatic carbocycles. The number of amides is 1. The molecule has 1 N–H and O–H groups in total. The smallest absolute Gasteiger partial charge is 0.255 e. The molecule has 0 radical (unpaired) electrons. The molecule has 20 heavy (non-hydrogen) atoms. The molecule has 1 amide bonds. The molecule has 0 heterocycles. The van der Waals surface area contributed by atoms with Crippen LogP contribution in [0.1, 0.15) is 10.4 Å². The fraction of sp³-hybridized carbons (Fsp3) is 0.133. The van der Waals surface area contributed by atoms with Gasteiger partial charge in [-0.15, -0.1) is 0 Å². The number of benzene rings is 2. The van der Waals surface area contributed by atoms with E-state index in [0.717, 1.165) is 0 Å². The Morgan fingerprint density at radius 1 is 1.05 bits per heavy atom. The quantitative estimate of drug-likeness (QED) is 0.932. The number of carbonyl (C=O) groups excluding carboxylic acids is 1. The van der Waals surface area contributed by atoms with Crippen molar-refractivity contribution in [1.82, 2.24) is 0 Å². The van der Waals surface area contributed by atoms with Crippen molar-refractivity contribution >= 4 is 11.6 Å². The highest BCUT2D eigenvalue weighted by atomic mass is 19.1. The summed E-state index contributed by atoms with van der Waals surface area (Å²) < 4.78 is 23.3. The maximum Gasteiger partial charge on any atom is 0.255 e. The molecular weight excluding hydrogens is 261 g/mol. The number of nitrogens with one attached hydrogen (secondary N) is 1. The number of rotatable bonds is 4. The number of anilines is 1. The van der Waals surface area contributed by atoms with Crippen LogP contribution in [0.2, 0.25) is 0 Å². The maximum absolute atomic E-state index is 13.1. The van der Waals surface area contributed by atoms with Crippen LogP contribution in [0.15, 0.2) is 42.5 Å². The Morgan fingerprint density at radius 3 is 2.25 bits per heavy atom. The number of ether oxygens (including phenoxy) is 2. The average molecular weight is 275 g/mol. The lowest BCUT2D eigenvalue weighted by Crippen LogP contribution is -2.12. The van der Waals surface area contributed by atoms with Gasteiger partial charge in [-0.25, -0.2) is 4.39 Å². The largest absolute Gasteiger partial charge is 0.497 e. The second-order valence-electron chi connectivity index (χ2n) is 4.07. The topological polar surface area (TPSA) is 47.6 Å². The predicted molar refractivity (Wildman–Crippen MR) is 73.9 cm³/mol. The van der Waals surface area contributed by atoms with Gasteiger partial charge in [0, 0.05) is 17.3 Å². The van der Waals surface area contributed by atoms with Crippen LogP contribution in [0.5, 0.6) is 11.5 Å². The van der Waals surface area contributed by atoms with E-state index in [0.29, 0.717) is 22.7 Å². The van der Waals surface area contributed by atoms with Crippen LogP contribution in [0.25, 0.3) is 0 Å². The molecule has 0 unspecified atom stereocenters. The second-order valence-corrected chi connectivity index (χ2v) is 4.07. The molecule has 2 aromatic carbocycles. The van der Waals surface area contributed by atoms with E-state index in [1.807, 2.05) is 0 Å².